The van der Waals surface area contributed by atoms with E-state index in [2.05, 4.69) is 0 Å². The summed E-state index contributed by atoms with van der Waals surface area (Å²) in [5, 5.41) is 39.5. The molecule has 0 aliphatic heterocycles. The standard InChI is InChI=1S/C20H36O5/c1-2-3-6-9-15(21)12-13-17-16(18(22)14-19(17)23)10-7-4-5-8-11-20(24)25/h12-13,15-19,21-23H,2-11,14H2,1H3,(H,24,25)/b13-12+/t15-,16+,17+,18-,19+/m0/s1/i1D3,2D2,3D2,6D2. The lowest BCUT2D eigenvalue weighted by Crippen LogP contribution is -2.21. The minimum Gasteiger partial charge on any atom is -0.481 e. The Morgan fingerprint density at radius 1 is 1.24 bits per heavy atom. The van der Waals surface area contributed by atoms with Crippen molar-refractivity contribution in [2.24, 2.45) is 11.8 Å². The molecular formula is C20H36O5. The number of carboxylic acids is 1. The van der Waals surface area contributed by atoms with Crippen LogP contribution in [-0.4, -0.2) is 44.7 Å². The summed E-state index contributed by atoms with van der Waals surface area (Å²) >= 11 is 0. The van der Waals surface area contributed by atoms with Gasteiger partial charge in [-0.05, 0) is 25.2 Å². The third-order valence-corrected chi connectivity index (χ3v) is 4.61. The quantitative estimate of drug-likeness (QED) is 0.297. The van der Waals surface area contributed by atoms with Gasteiger partial charge in [0.2, 0.25) is 0 Å². The molecule has 1 fully saturated rings. The van der Waals surface area contributed by atoms with Crippen molar-refractivity contribution in [3.63, 3.8) is 0 Å². The van der Waals surface area contributed by atoms with Gasteiger partial charge in [-0.25, -0.2) is 0 Å². The molecule has 0 radical (unpaired) electrons. The fourth-order valence-electron chi connectivity index (χ4n) is 3.31. The summed E-state index contributed by atoms with van der Waals surface area (Å²) in [7, 11) is 0. The fourth-order valence-corrected chi connectivity index (χ4v) is 3.31. The van der Waals surface area contributed by atoms with Crippen molar-refractivity contribution in [1.29, 1.82) is 0 Å². The fraction of sp³-hybridized carbons (Fsp3) is 0.850. The normalized spacial score (nSPS) is 35.4. The molecule has 0 amide bonds. The SMILES string of the molecule is [2H]C([2H])([2H])C([2H])([2H])C([2H])([2H])C([2H])([2H])C[C@H](O)/C=C/[C@@H]1[C@@H](CCCCCCC(=O)O)[C@@H](O)C[C@H]1O. The molecule has 25 heavy (non-hydrogen) atoms. The Labute approximate surface area is 164 Å². The van der Waals surface area contributed by atoms with Gasteiger partial charge in [-0.15, -0.1) is 0 Å². The topological polar surface area (TPSA) is 98.0 Å². The van der Waals surface area contributed by atoms with Gasteiger partial charge in [0, 0.05) is 31.1 Å². The molecule has 0 saturated heterocycles. The maximum absolute atomic E-state index is 10.5. The Morgan fingerprint density at radius 2 is 2.00 bits per heavy atom. The van der Waals surface area contributed by atoms with Crippen LogP contribution in [0.3, 0.4) is 0 Å². The van der Waals surface area contributed by atoms with Gasteiger partial charge >= 0.3 is 5.97 Å². The number of hydrogen-bond donors (Lipinski definition) is 4. The van der Waals surface area contributed by atoms with Crippen LogP contribution in [0.5, 0.6) is 0 Å². The minimum absolute atomic E-state index is 0.0906. The van der Waals surface area contributed by atoms with Crippen molar-refractivity contribution in [1.82, 2.24) is 0 Å². The molecule has 0 heterocycles. The van der Waals surface area contributed by atoms with Crippen molar-refractivity contribution < 1.29 is 37.6 Å². The van der Waals surface area contributed by atoms with Gasteiger partial charge in [-0.1, -0.05) is 57.4 Å². The molecule has 5 heteroatoms. The summed E-state index contributed by atoms with van der Waals surface area (Å²) in [6.45, 7) is -3.42. The summed E-state index contributed by atoms with van der Waals surface area (Å²) in [6, 6.07) is 0. The molecule has 0 aromatic heterocycles. The second-order valence-electron chi connectivity index (χ2n) is 6.54. The first-order valence-electron chi connectivity index (χ1n) is 13.3. The Kier molecular flexibility index (Phi) is 5.84. The lowest BCUT2D eigenvalue weighted by molar-refractivity contribution is -0.137. The number of carbonyl (C=O) groups is 1. The van der Waals surface area contributed by atoms with Crippen LogP contribution >= 0.6 is 0 Å². The number of unbranched alkanes of at least 4 members (excludes halogenated alkanes) is 3. The highest BCUT2D eigenvalue weighted by Crippen LogP contribution is 2.37. The van der Waals surface area contributed by atoms with Gasteiger partial charge in [0.1, 0.15) is 0 Å². The van der Waals surface area contributed by atoms with E-state index >= 15 is 0 Å². The van der Waals surface area contributed by atoms with E-state index in [0.29, 0.717) is 19.3 Å². The molecule has 0 bridgehead atoms. The number of hydrogen-bond acceptors (Lipinski definition) is 4. The second kappa shape index (κ2) is 12.4. The van der Waals surface area contributed by atoms with Gasteiger partial charge < -0.3 is 20.4 Å². The molecule has 0 unspecified atom stereocenters. The molecule has 1 rings (SSSR count). The van der Waals surface area contributed by atoms with E-state index in [0.717, 1.165) is 18.9 Å². The zero-order valence-corrected chi connectivity index (χ0v) is 14.4. The molecule has 0 spiro atoms. The maximum atomic E-state index is 10.5. The molecule has 0 aromatic rings. The molecule has 1 saturated carbocycles. The summed E-state index contributed by atoms with van der Waals surface area (Å²) in [6.07, 6.45) is -8.06. The zero-order valence-electron chi connectivity index (χ0n) is 23.4. The molecular weight excluding hydrogens is 320 g/mol. The molecule has 0 aromatic carbocycles. The van der Waals surface area contributed by atoms with E-state index in [9.17, 15) is 20.1 Å². The van der Waals surface area contributed by atoms with E-state index in [1.54, 1.807) is 0 Å². The highest BCUT2D eigenvalue weighted by atomic mass is 16.4. The number of aliphatic hydroxyl groups excluding tert-OH is 3. The number of carboxylic acid groups (broad SMARTS) is 1. The monoisotopic (exact) mass is 365 g/mol. The average molecular weight is 366 g/mol. The number of aliphatic carboxylic acids is 1. The van der Waals surface area contributed by atoms with Crippen LogP contribution in [0.25, 0.3) is 0 Å². The van der Waals surface area contributed by atoms with E-state index in [1.165, 1.54) is 6.08 Å². The summed E-state index contributed by atoms with van der Waals surface area (Å²) < 4.78 is 68.5. The largest absolute Gasteiger partial charge is 0.481 e. The van der Waals surface area contributed by atoms with Crippen LogP contribution in [0.1, 0.15) is 89.7 Å². The van der Waals surface area contributed by atoms with Gasteiger partial charge in [0.15, 0.2) is 0 Å². The highest BCUT2D eigenvalue weighted by Gasteiger charge is 2.39. The summed E-state index contributed by atoms with van der Waals surface area (Å²) in [5.74, 6) is -1.73. The Hall–Kier alpha value is -0.910. The Balaban J connectivity index is 2.78. The summed E-state index contributed by atoms with van der Waals surface area (Å²) in [5.41, 5.74) is 0. The van der Waals surface area contributed by atoms with Crippen molar-refractivity contribution in [3.05, 3.63) is 12.2 Å². The molecule has 1 aliphatic carbocycles. The van der Waals surface area contributed by atoms with Gasteiger partial charge in [-0.2, -0.15) is 0 Å². The third-order valence-electron chi connectivity index (χ3n) is 4.61. The molecule has 146 valence electrons. The predicted octanol–water partition coefficient (Wildman–Crippen LogP) is 3.27. The van der Waals surface area contributed by atoms with Crippen molar-refractivity contribution in [3.8, 4) is 0 Å². The smallest absolute Gasteiger partial charge is 0.303 e. The Bertz CT molecular complexity index is 696. The van der Waals surface area contributed by atoms with Crippen LogP contribution in [0.2, 0.25) is 0 Å². The minimum atomic E-state index is -3.51. The second-order valence-corrected chi connectivity index (χ2v) is 6.54. The lowest BCUT2D eigenvalue weighted by Gasteiger charge is -2.21. The first-order valence-corrected chi connectivity index (χ1v) is 8.79. The van der Waals surface area contributed by atoms with E-state index in [4.69, 9.17) is 17.4 Å². The molecule has 5 nitrogen and oxygen atoms in total. The van der Waals surface area contributed by atoms with Crippen molar-refractivity contribution in [2.75, 3.05) is 0 Å². The first kappa shape index (κ1) is 11.7. The van der Waals surface area contributed by atoms with Crippen molar-refractivity contribution >= 4 is 5.97 Å². The predicted molar refractivity (Wildman–Crippen MR) is 98.2 cm³/mol. The van der Waals surface area contributed by atoms with E-state index in [1.807, 2.05) is 0 Å². The van der Waals surface area contributed by atoms with Gasteiger partial charge in [0.25, 0.3) is 0 Å². The van der Waals surface area contributed by atoms with Gasteiger partial charge in [-0.3, -0.25) is 4.79 Å². The third kappa shape index (κ3) is 8.84. The zero-order chi connectivity index (χ0) is 26.5. The van der Waals surface area contributed by atoms with Crippen LogP contribution in [-0.2, 0) is 4.79 Å². The summed E-state index contributed by atoms with van der Waals surface area (Å²) in [4.78, 5) is 10.5. The maximum Gasteiger partial charge on any atom is 0.303 e. The average Bonchev–Trinajstić information content (AvgIpc) is 2.93. The number of rotatable bonds is 13. The highest BCUT2D eigenvalue weighted by molar-refractivity contribution is 5.66. The molecule has 5 atom stereocenters. The van der Waals surface area contributed by atoms with Crippen molar-refractivity contribution in [2.45, 2.75) is 95.6 Å². The van der Waals surface area contributed by atoms with Crippen LogP contribution in [0.4, 0.5) is 0 Å². The molecule has 4 N–H and O–H groups in total. The van der Waals surface area contributed by atoms with Crippen LogP contribution in [0.15, 0.2) is 12.2 Å². The van der Waals surface area contributed by atoms with Crippen LogP contribution < -0.4 is 0 Å². The molecule has 1 aliphatic rings. The Morgan fingerprint density at radius 3 is 2.72 bits per heavy atom. The lowest BCUT2D eigenvalue weighted by atomic mass is 9.88. The number of aliphatic hydroxyl groups is 3. The van der Waals surface area contributed by atoms with E-state index < -0.39 is 62.6 Å². The van der Waals surface area contributed by atoms with Crippen LogP contribution in [0, 0.1) is 11.8 Å². The van der Waals surface area contributed by atoms with Gasteiger partial charge in [0.05, 0.1) is 18.3 Å². The first-order chi connectivity index (χ1) is 15.3. The van der Waals surface area contributed by atoms with E-state index in [-0.39, 0.29) is 18.8 Å².